The topological polar surface area (TPSA) is 44.0 Å². The maximum Gasteiger partial charge on any atom is 0.0991 e. The summed E-state index contributed by atoms with van der Waals surface area (Å²) in [5.74, 6) is 0. The van der Waals surface area contributed by atoms with Gasteiger partial charge < -0.3 is 5.11 Å². The third-order valence-corrected chi connectivity index (χ3v) is 1.52. The highest BCUT2D eigenvalue weighted by Gasteiger charge is 1.98. The molecular weight excluding hydrogens is 138 g/mol. The number of aliphatic hydroxyl groups excluding tert-OH is 1. The highest BCUT2D eigenvalue weighted by Crippen LogP contribution is 2.11. The molecule has 0 heterocycles. The molecule has 1 aromatic carbocycles. The fourth-order valence-corrected chi connectivity index (χ4v) is 0.836. The van der Waals surface area contributed by atoms with Gasteiger partial charge in [0.15, 0.2) is 0 Å². The molecule has 1 aromatic rings. The number of rotatable bonds is 1. The van der Waals surface area contributed by atoms with E-state index in [9.17, 15) is 0 Å². The number of nitrogens with zero attached hydrogens (tertiary/aromatic N) is 1. The van der Waals surface area contributed by atoms with Crippen molar-refractivity contribution in [2.24, 2.45) is 0 Å². The summed E-state index contributed by atoms with van der Waals surface area (Å²) >= 11 is 0. The van der Waals surface area contributed by atoms with Crippen molar-refractivity contribution in [3.05, 3.63) is 35.4 Å². The minimum atomic E-state index is -0.456. The average Bonchev–Trinajstić information content (AvgIpc) is 2.05. The average molecular weight is 147 g/mol. The molecule has 0 spiro atoms. The lowest BCUT2D eigenvalue weighted by Gasteiger charge is -2.02. The molecule has 0 bridgehead atoms. The first-order valence-corrected chi connectivity index (χ1v) is 3.42. The van der Waals surface area contributed by atoms with Gasteiger partial charge >= 0.3 is 0 Å². The van der Waals surface area contributed by atoms with Crippen molar-refractivity contribution in [2.45, 2.75) is 13.0 Å². The summed E-state index contributed by atoms with van der Waals surface area (Å²) in [6.07, 6.45) is -0.456. The van der Waals surface area contributed by atoms with Gasteiger partial charge in [0.05, 0.1) is 17.7 Å². The normalized spacial score (nSPS) is 12.1. The standard InChI is InChI=1S/C9H9NO/c1-7(11)9-4-2-8(6-10)3-5-9/h2-5,7,11H,1H3/t7-/m1/s1. The molecule has 2 nitrogen and oxygen atoms in total. The molecule has 0 aliphatic carbocycles. The van der Waals surface area contributed by atoms with E-state index < -0.39 is 6.10 Å². The second-order valence-corrected chi connectivity index (χ2v) is 2.41. The summed E-state index contributed by atoms with van der Waals surface area (Å²) in [6, 6.07) is 8.91. The first-order valence-electron chi connectivity index (χ1n) is 3.42. The third kappa shape index (κ3) is 1.79. The summed E-state index contributed by atoms with van der Waals surface area (Å²) in [6.45, 7) is 1.70. The Kier molecular flexibility index (Phi) is 2.25. The van der Waals surface area contributed by atoms with E-state index in [4.69, 9.17) is 10.4 Å². The van der Waals surface area contributed by atoms with Gasteiger partial charge in [-0.25, -0.2) is 0 Å². The molecule has 11 heavy (non-hydrogen) atoms. The lowest BCUT2D eigenvalue weighted by molar-refractivity contribution is 0.199. The van der Waals surface area contributed by atoms with Crippen molar-refractivity contribution in [1.82, 2.24) is 0 Å². The molecular formula is C9H9NO. The van der Waals surface area contributed by atoms with Gasteiger partial charge in [0.1, 0.15) is 0 Å². The van der Waals surface area contributed by atoms with E-state index in [0.29, 0.717) is 5.56 Å². The smallest absolute Gasteiger partial charge is 0.0991 e. The summed E-state index contributed by atoms with van der Waals surface area (Å²) in [4.78, 5) is 0. The fourth-order valence-electron chi connectivity index (χ4n) is 0.836. The molecule has 0 aliphatic heterocycles. The number of hydrogen-bond donors (Lipinski definition) is 1. The van der Waals surface area contributed by atoms with Crippen LogP contribution in [0, 0.1) is 11.3 Å². The van der Waals surface area contributed by atoms with Crippen molar-refractivity contribution < 1.29 is 5.11 Å². The van der Waals surface area contributed by atoms with Gasteiger partial charge in [-0.15, -0.1) is 0 Å². The van der Waals surface area contributed by atoms with Crippen LogP contribution in [-0.2, 0) is 0 Å². The van der Waals surface area contributed by atoms with E-state index in [-0.39, 0.29) is 0 Å². The minimum absolute atomic E-state index is 0.456. The van der Waals surface area contributed by atoms with Crippen LogP contribution in [-0.4, -0.2) is 5.11 Å². The second kappa shape index (κ2) is 3.18. The number of hydrogen-bond acceptors (Lipinski definition) is 2. The van der Waals surface area contributed by atoms with Gasteiger partial charge in [0.2, 0.25) is 0 Å². The Morgan fingerprint density at radius 3 is 2.27 bits per heavy atom. The summed E-state index contributed by atoms with van der Waals surface area (Å²) in [5, 5.41) is 17.6. The van der Waals surface area contributed by atoms with Gasteiger partial charge in [-0.2, -0.15) is 5.26 Å². The van der Waals surface area contributed by atoms with Crippen molar-refractivity contribution in [1.29, 1.82) is 5.26 Å². The summed E-state index contributed by atoms with van der Waals surface area (Å²) in [7, 11) is 0. The Bertz CT molecular complexity index is 269. The quantitative estimate of drug-likeness (QED) is 0.655. The minimum Gasteiger partial charge on any atom is -0.389 e. The van der Waals surface area contributed by atoms with E-state index in [0.717, 1.165) is 5.56 Å². The predicted molar refractivity (Wildman–Crippen MR) is 41.8 cm³/mol. The van der Waals surface area contributed by atoms with E-state index in [1.165, 1.54) is 0 Å². The molecule has 0 unspecified atom stereocenters. The Morgan fingerprint density at radius 1 is 1.36 bits per heavy atom. The number of nitriles is 1. The van der Waals surface area contributed by atoms with Gasteiger partial charge in [0.25, 0.3) is 0 Å². The summed E-state index contributed by atoms with van der Waals surface area (Å²) in [5.41, 5.74) is 1.46. The van der Waals surface area contributed by atoms with E-state index in [1.807, 2.05) is 6.07 Å². The van der Waals surface area contributed by atoms with Crippen LogP contribution in [0.25, 0.3) is 0 Å². The first-order chi connectivity index (χ1) is 5.24. The molecule has 56 valence electrons. The van der Waals surface area contributed by atoms with Crippen LogP contribution >= 0.6 is 0 Å². The molecule has 0 fully saturated rings. The largest absolute Gasteiger partial charge is 0.389 e. The Morgan fingerprint density at radius 2 is 1.91 bits per heavy atom. The molecule has 2 heteroatoms. The van der Waals surface area contributed by atoms with Crippen LogP contribution < -0.4 is 0 Å². The zero-order chi connectivity index (χ0) is 8.27. The molecule has 0 saturated heterocycles. The van der Waals surface area contributed by atoms with E-state index in [1.54, 1.807) is 31.2 Å². The number of aliphatic hydroxyl groups is 1. The summed E-state index contributed by atoms with van der Waals surface area (Å²) < 4.78 is 0. The molecule has 0 aromatic heterocycles. The molecule has 1 rings (SSSR count). The zero-order valence-corrected chi connectivity index (χ0v) is 6.28. The van der Waals surface area contributed by atoms with Crippen LogP contribution in [0.5, 0.6) is 0 Å². The lowest BCUT2D eigenvalue weighted by atomic mass is 10.1. The molecule has 0 radical (unpaired) electrons. The molecule has 1 atom stereocenters. The van der Waals surface area contributed by atoms with E-state index in [2.05, 4.69) is 0 Å². The fraction of sp³-hybridized carbons (Fsp3) is 0.222. The Labute approximate surface area is 65.7 Å². The maximum atomic E-state index is 9.10. The van der Waals surface area contributed by atoms with Gasteiger partial charge in [0, 0.05) is 0 Å². The van der Waals surface area contributed by atoms with Gasteiger partial charge in [-0.1, -0.05) is 12.1 Å². The van der Waals surface area contributed by atoms with Gasteiger partial charge in [-0.3, -0.25) is 0 Å². The van der Waals surface area contributed by atoms with Crippen molar-refractivity contribution in [3.8, 4) is 6.07 Å². The van der Waals surface area contributed by atoms with E-state index >= 15 is 0 Å². The SMILES string of the molecule is C[C@@H](O)c1ccc(C#N)cc1. The van der Waals surface area contributed by atoms with Crippen LogP contribution in [0.2, 0.25) is 0 Å². The second-order valence-electron chi connectivity index (χ2n) is 2.41. The van der Waals surface area contributed by atoms with Gasteiger partial charge in [-0.05, 0) is 24.6 Å². The Balaban J connectivity index is 2.94. The van der Waals surface area contributed by atoms with Crippen molar-refractivity contribution in [2.75, 3.05) is 0 Å². The van der Waals surface area contributed by atoms with Crippen LogP contribution in [0.4, 0.5) is 0 Å². The molecule has 1 N–H and O–H groups in total. The third-order valence-electron chi connectivity index (χ3n) is 1.52. The zero-order valence-electron chi connectivity index (χ0n) is 6.28. The molecule has 0 amide bonds. The lowest BCUT2D eigenvalue weighted by Crippen LogP contribution is -1.89. The number of benzene rings is 1. The molecule has 0 aliphatic rings. The van der Waals surface area contributed by atoms with Crippen LogP contribution in [0.15, 0.2) is 24.3 Å². The van der Waals surface area contributed by atoms with Crippen LogP contribution in [0.3, 0.4) is 0 Å². The first kappa shape index (κ1) is 7.77. The monoisotopic (exact) mass is 147 g/mol. The van der Waals surface area contributed by atoms with Crippen LogP contribution in [0.1, 0.15) is 24.2 Å². The highest BCUT2D eigenvalue weighted by molar-refractivity contribution is 5.32. The predicted octanol–water partition coefficient (Wildman–Crippen LogP) is 1.61. The highest BCUT2D eigenvalue weighted by atomic mass is 16.3. The van der Waals surface area contributed by atoms with Crippen molar-refractivity contribution >= 4 is 0 Å². The maximum absolute atomic E-state index is 9.10. The Hall–Kier alpha value is -1.33. The molecule has 0 saturated carbocycles. The van der Waals surface area contributed by atoms with Crippen molar-refractivity contribution in [3.63, 3.8) is 0 Å².